The van der Waals surface area contributed by atoms with Gasteiger partial charge in [0.05, 0.1) is 6.61 Å². The summed E-state index contributed by atoms with van der Waals surface area (Å²) in [5.41, 5.74) is 5.17. The number of carbonyl (C=O) groups excluding carboxylic acids is 1. The van der Waals surface area contributed by atoms with E-state index in [9.17, 15) is 4.79 Å². The molecule has 2 N–H and O–H groups in total. The maximum atomic E-state index is 12.0. The molecule has 14 heavy (non-hydrogen) atoms. The van der Waals surface area contributed by atoms with Crippen LogP contribution in [0.2, 0.25) is 0 Å². The van der Waals surface area contributed by atoms with E-state index in [0.717, 1.165) is 19.3 Å². The van der Waals surface area contributed by atoms with Crippen molar-refractivity contribution in [1.29, 1.82) is 0 Å². The summed E-state index contributed by atoms with van der Waals surface area (Å²) in [4.78, 5) is 12.0. The lowest BCUT2D eigenvalue weighted by Crippen LogP contribution is -2.37. The Morgan fingerprint density at radius 1 is 1.71 bits per heavy atom. The van der Waals surface area contributed by atoms with Gasteiger partial charge in [0.15, 0.2) is 5.76 Å². The van der Waals surface area contributed by atoms with Crippen molar-refractivity contribution in [2.45, 2.75) is 33.1 Å². The average Bonchev–Trinajstić information content (AvgIpc) is 2.28. The van der Waals surface area contributed by atoms with E-state index in [1.54, 1.807) is 0 Å². The summed E-state index contributed by atoms with van der Waals surface area (Å²) >= 11 is 0. The van der Waals surface area contributed by atoms with Gasteiger partial charge in [0.1, 0.15) is 0 Å². The number of allylic oxidation sites excluding steroid dienone is 2. The molecule has 0 aromatic carbocycles. The predicted octanol–water partition coefficient (Wildman–Crippen LogP) is 1.62. The van der Waals surface area contributed by atoms with Crippen LogP contribution in [0.4, 0.5) is 0 Å². The zero-order valence-electron chi connectivity index (χ0n) is 9.01. The number of ketones is 1. The minimum absolute atomic E-state index is 0.0576. The van der Waals surface area contributed by atoms with Crippen LogP contribution in [0, 0.1) is 5.41 Å². The molecule has 0 saturated heterocycles. The monoisotopic (exact) mass is 197 g/mol. The second-order valence-corrected chi connectivity index (χ2v) is 4.01. The molecule has 1 heterocycles. The molecule has 1 atom stereocenters. The van der Waals surface area contributed by atoms with Gasteiger partial charge in [-0.15, -0.1) is 0 Å². The fourth-order valence-electron chi connectivity index (χ4n) is 1.41. The van der Waals surface area contributed by atoms with Crippen molar-refractivity contribution in [2.24, 2.45) is 11.1 Å². The minimum atomic E-state index is -0.455. The molecule has 1 aliphatic heterocycles. The smallest absolute Gasteiger partial charge is 0.204 e. The topological polar surface area (TPSA) is 52.3 Å². The van der Waals surface area contributed by atoms with E-state index >= 15 is 0 Å². The molecule has 0 radical (unpaired) electrons. The zero-order chi connectivity index (χ0) is 10.6. The zero-order valence-corrected chi connectivity index (χ0v) is 9.01. The number of hydrogen-bond acceptors (Lipinski definition) is 3. The van der Waals surface area contributed by atoms with Gasteiger partial charge in [-0.3, -0.25) is 4.79 Å². The van der Waals surface area contributed by atoms with E-state index in [0.29, 0.717) is 18.9 Å². The highest BCUT2D eigenvalue weighted by molar-refractivity contribution is 5.98. The Morgan fingerprint density at radius 3 is 2.86 bits per heavy atom. The van der Waals surface area contributed by atoms with E-state index < -0.39 is 5.41 Å². The maximum absolute atomic E-state index is 12.0. The molecule has 1 unspecified atom stereocenters. The van der Waals surface area contributed by atoms with Gasteiger partial charge in [-0.05, 0) is 25.3 Å². The van der Waals surface area contributed by atoms with E-state index in [4.69, 9.17) is 10.5 Å². The van der Waals surface area contributed by atoms with Crippen LogP contribution in [-0.4, -0.2) is 18.9 Å². The lowest BCUT2D eigenvalue weighted by Gasteiger charge is -2.26. The lowest BCUT2D eigenvalue weighted by atomic mass is 9.81. The third kappa shape index (κ3) is 2.15. The van der Waals surface area contributed by atoms with Crippen LogP contribution < -0.4 is 5.73 Å². The van der Waals surface area contributed by atoms with Crippen molar-refractivity contribution in [3.63, 3.8) is 0 Å². The molecule has 0 amide bonds. The van der Waals surface area contributed by atoms with Crippen molar-refractivity contribution < 1.29 is 9.53 Å². The number of carbonyl (C=O) groups is 1. The van der Waals surface area contributed by atoms with Crippen LogP contribution in [0.15, 0.2) is 11.8 Å². The van der Waals surface area contributed by atoms with Gasteiger partial charge < -0.3 is 10.5 Å². The van der Waals surface area contributed by atoms with Crippen LogP contribution in [-0.2, 0) is 9.53 Å². The van der Waals surface area contributed by atoms with Crippen LogP contribution >= 0.6 is 0 Å². The van der Waals surface area contributed by atoms with Gasteiger partial charge in [-0.1, -0.05) is 13.8 Å². The normalized spacial score (nSPS) is 20.6. The molecular weight excluding hydrogens is 178 g/mol. The SMILES string of the molecule is CCC(C)(CN)C(=O)C1=CCCCO1. The maximum Gasteiger partial charge on any atom is 0.204 e. The molecule has 3 heteroatoms. The van der Waals surface area contributed by atoms with Crippen LogP contribution in [0.25, 0.3) is 0 Å². The molecule has 0 aromatic rings. The standard InChI is InChI=1S/C11H19NO2/c1-3-11(2,8-12)10(13)9-6-4-5-7-14-9/h6H,3-5,7-8,12H2,1-2H3. The molecule has 80 valence electrons. The van der Waals surface area contributed by atoms with E-state index in [1.165, 1.54) is 0 Å². The molecule has 0 saturated carbocycles. The first-order valence-electron chi connectivity index (χ1n) is 5.22. The molecular formula is C11H19NO2. The Bertz CT molecular complexity index is 242. The van der Waals surface area contributed by atoms with Crippen molar-refractivity contribution in [1.82, 2.24) is 0 Å². The Hall–Kier alpha value is -0.830. The predicted molar refractivity (Wildman–Crippen MR) is 55.7 cm³/mol. The van der Waals surface area contributed by atoms with Crippen LogP contribution in [0.3, 0.4) is 0 Å². The highest BCUT2D eigenvalue weighted by Crippen LogP contribution is 2.26. The number of nitrogens with two attached hydrogens (primary N) is 1. The molecule has 1 aliphatic rings. The summed E-state index contributed by atoms with van der Waals surface area (Å²) in [6.07, 6.45) is 4.58. The summed E-state index contributed by atoms with van der Waals surface area (Å²) in [5.74, 6) is 0.577. The molecule has 0 aromatic heterocycles. The van der Waals surface area contributed by atoms with Gasteiger partial charge >= 0.3 is 0 Å². The second kappa shape index (κ2) is 4.60. The molecule has 0 bridgehead atoms. The minimum Gasteiger partial charge on any atom is -0.490 e. The fraction of sp³-hybridized carbons (Fsp3) is 0.727. The van der Waals surface area contributed by atoms with Gasteiger partial charge in [0, 0.05) is 12.0 Å². The van der Waals surface area contributed by atoms with E-state index in [1.807, 2.05) is 19.9 Å². The number of rotatable bonds is 4. The Morgan fingerprint density at radius 2 is 2.43 bits per heavy atom. The Kier molecular flexibility index (Phi) is 3.69. The molecule has 0 spiro atoms. The lowest BCUT2D eigenvalue weighted by molar-refractivity contribution is -0.127. The average molecular weight is 197 g/mol. The summed E-state index contributed by atoms with van der Waals surface area (Å²) in [6, 6.07) is 0. The largest absolute Gasteiger partial charge is 0.490 e. The van der Waals surface area contributed by atoms with Crippen molar-refractivity contribution in [2.75, 3.05) is 13.2 Å². The number of Topliss-reactive ketones (excluding diaryl/α,β-unsaturated/α-hetero) is 1. The first-order chi connectivity index (χ1) is 6.64. The summed E-state index contributed by atoms with van der Waals surface area (Å²) in [6.45, 7) is 4.91. The second-order valence-electron chi connectivity index (χ2n) is 4.01. The van der Waals surface area contributed by atoms with Crippen LogP contribution in [0.5, 0.6) is 0 Å². The Labute approximate surface area is 85.3 Å². The summed E-state index contributed by atoms with van der Waals surface area (Å²) in [5, 5.41) is 0. The molecule has 0 fully saturated rings. The Balaban J connectivity index is 2.76. The highest BCUT2D eigenvalue weighted by atomic mass is 16.5. The number of ether oxygens (including phenoxy) is 1. The fourth-order valence-corrected chi connectivity index (χ4v) is 1.41. The number of hydrogen-bond donors (Lipinski definition) is 1. The first-order valence-corrected chi connectivity index (χ1v) is 5.22. The van der Waals surface area contributed by atoms with Crippen molar-refractivity contribution in [3.05, 3.63) is 11.8 Å². The van der Waals surface area contributed by atoms with Crippen LogP contribution in [0.1, 0.15) is 33.1 Å². The summed E-state index contributed by atoms with van der Waals surface area (Å²) in [7, 11) is 0. The van der Waals surface area contributed by atoms with Gasteiger partial charge in [0.25, 0.3) is 0 Å². The molecule has 0 aliphatic carbocycles. The summed E-state index contributed by atoms with van der Waals surface area (Å²) < 4.78 is 5.35. The van der Waals surface area contributed by atoms with E-state index in [2.05, 4.69) is 0 Å². The van der Waals surface area contributed by atoms with Gasteiger partial charge in [0.2, 0.25) is 5.78 Å². The van der Waals surface area contributed by atoms with Gasteiger partial charge in [-0.25, -0.2) is 0 Å². The first kappa shape index (κ1) is 11.2. The third-order valence-electron chi connectivity index (χ3n) is 2.94. The quantitative estimate of drug-likeness (QED) is 0.745. The highest BCUT2D eigenvalue weighted by Gasteiger charge is 2.33. The third-order valence-corrected chi connectivity index (χ3v) is 2.94. The molecule has 1 rings (SSSR count). The van der Waals surface area contributed by atoms with E-state index in [-0.39, 0.29) is 5.78 Å². The molecule has 3 nitrogen and oxygen atoms in total. The van der Waals surface area contributed by atoms with Gasteiger partial charge in [-0.2, -0.15) is 0 Å². The van der Waals surface area contributed by atoms with Crippen molar-refractivity contribution >= 4 is 5.78 Å². The van der Waals surface area contributed by atoms with Crippen molar-refractivity contribution in [3.8, 4) is 0 Å².